The summed E-state index contributed by atoms with van der Waals surface area (Å²) >= 11 is 0. The number of aryl methyl sites for hydroxylation is 1. The maximum Gasteiger partial charge on any atom is 0.460 e. The molecule has 0 saturated carbocycles. The number of carbonyl (C=O) groups excluding carboxylic acids is 2. The summed E-state index contributed by atoms with van der Waals surface area (Å²) < 4.78 is 61.0. The van der Waals surface area contributed by atoms with E-state index in [1.54, 1.807) is 6.92 Å². The molecule has 0 aliphatic heterocycles. The van der Waals surface area contributed by atoms with Gasteiger partial charge in [0.1, 0.15) is 0 Å². The molecule has 2 amide bonds. The first-order valence-electron chi connectivity index (χ1n) is 10.0. The Morgan fingerprint density at radius 3 is 1.75 bits per heavy atom. The molecule has 0 aliphatic rings. The van der Waals surface area contributed by atoms with E-state index < -0.39 is 42.2 Å². The lowest BCUT2D eigenvalue weighted by Gasteiger charge is -2.35. The third-order valence-corrected chi connectivity index (χ3v) is 7.26. The third-order valence-electron chi connectivity index (χ3n) is 3.53. The maximum absolute atomic E-state index is 13.6. The molecule has 182 valence electrons. The summed E-state index contributed by atoms with van der Waals surface area (Å²) in [5.41, 5.74) is 0.755. The highest BCUT2D eigenvalue weighted by atomic mass is 32.2. The average Bonchev–Trinajstić information content (AvgIpc) is 2.65. The Balaban J connectivity index is 3.83. The van der Waals surface area contributed by atoms with E-state index in [1.807, 2.05) is 0 Å². The first-order chi connectivity index (χ1) is 14.8. The van der Waals surface area contributed by atoms with Gasteiger partial charge in [0.05, 0.1) is 30.3 Å². The van der Waals surface area contributed by atoms with Crippen molar-refractivity contribution >= 4 is 30.0 Å². The van der Waals surface area contributed by atoms with Crippen LogP contribution >= 0.6 is 7.75 Å². The third kappa shape index (κ3) is 6.93. The van der Waals surface area contributed by atoms with Gasteiger partial charge in [0.2, 0.25) is 0 Å². The molecule has 0 bridgehead atoms. The number of amides is 2. The Kier molecular flexibility index (Phi) is 10.2. The smallest absolute Gasteiger partial charge is 0.445 e. The van der Waals surface area contributed by atoms with Crippen LogP contribution in [0.25, 0.3) is 0 Å². The quantitative estimate of drug-likeness (QED) is 0.360. The molecule has 11 nitrogen and oxygen atoms in total. The van der Waals surface area contributed by atoms with E-state index in [0.717, 1.165) is 5.56 Å². The number of sulfonamides is 1. The first-order valence-corrected chi connectivity index (χ1v) is 13.0. The van der Waals surface area contributed by atoms with Crippen LogP contribution < -0.4 is 0 Å². The van der Waals surface area contributed by atoms with Gasteiger partial charge in [-0.2, -0.15) is 8.42 Å². The van der Waals surface area contributed by atoms with E-state index in [2.05, 4.69) is 0 Å². The fraction of sp³-hybridized carbons (Fsp3) is 0.579. The van der Waals surface area contributed by atoms with Crippen molar-refractivity contribution in [2.75, 3.05) is 13.2 Å². The van der Waals surface area contributed by atoms with Crippen LogP contribution in [0.4, 0.5) is 9.59 Å². The monoisotopic (exact) mass is 494 g/mol. The van der Waals surface area contributed by atoms with Crippen LogP contribution in [0, 0.1) is 6.92 Å². The summed E-state index contributed by atoms with van der Waals surface area (Å²) in [5, 5.41) is 0. The van der Waals surface area contributed by atoms with E-state index >= 15 is 0 Å². The van der Waals surface area contributed by atoms with Gasteiger partial charge in [0.25, 0.3) is 10.0 Å². The van der Waals surface area contributed by atoms with Crippen LogP contribution in [-0.2, 0) is 33.1 Å². The van der Waals surface area contributed by atoms with Crippen molar-refractivity contribution < 1.29 is 41.1 Å². The molecule has 0 unspecified atom stereocenters. The van der Waals surface area contributed by atoms with Crippen LogP contribution in [0.15, 0.2) is 29.2 Å². The van der Waals surface area contributed by atoms with E-state index in [9.17, 15) is 22.6 Å². The fourth-order valence-corrected chi connectivity index (χ4v) is 5.54. The predicted molar refractivity (Wildman–Crippen MR) is 116 cm³/mol. The van der Waals surface area contributed by atoms with Gasteiger partial charge in [-0.1, -0.05) is 26.9 Å². The van der Waals surface area contributed by atoms with Crippen molar-refractivity contribution in [2.24, 2.45) is 0 Å². The predicted octanol–water partition coefficient (Wildman–Crippen LogP) is 4.47. The largest absolute Gasteiger partial charge is 0.460 e. The topological polar surface area (TPSA) is 129 Å². The molecule has 1 aromatic carbocycles. The van der Waals surface area contributed by atoms with Crippen molar-refractivity contribution in [3.05, 3.63) is 29.8 Å². The van der Waals surface area contributed by atoms with Gasteiger partial charge in [0, 0.05) is 0 Å². The summed E-state index contributed by atoms with van der Waals surface area (Å²) in [5.74, 6) is 0. The standard InChI is InChI=1S/C19H31N2O9PS/c1-8-27-31(24,28-9-2)20(18(22)29-14(3)4)21(19(23)30-15(5)6)32(25,26)17-12-10-16(7)11-13-17/h10-15H,8-9H2,1-7H3. The molecule has 0 saturated heterocycles. The number of rotatable bonds is 9. The van der Waals surface area contributed by atoms with Gasteiger partial charge in [0.15, 0.2) is 0 Å². The Morgan fingerprint density at radius 2 is 1.34 bits per heavy atom. The lowest BCUT2D eigenvalue weighted by Crippen LogP contribution is -2.52. The summed E-state index contributed by atoms with van der Waals surface area (Å²) in [4.78, 5) is 25.6. The van der Waals surface area contributed by atoms with E-state index in [0.29, 0.717) is 0 Å². The van der Waals surface area contributed by atoms with Gasteiger partial charge in [-0.25, -0.2) is 14.2 Å². The average molecular weight is 495 g/mol. The highest BCUT2D eigenvalue weighted by Crippen LogP contribution is 2.54. The molecular weight excluding hydrogens is 463 g/mol. The first kappa shape index (κ1) is 27.9. The molecule has 32 heavy (non-hydrogen) atoms. The molecular formula is C19H31N2O9PS. The number of hydrogen-bond acceptors (Lipinski definition) is 9. The summed E-state index contributed by atoms with van der Waals surface area (Å²) in [6.45, 7) is 10.2. The minimum Gasteiger partial charge on any atom is -0.445 e. The zero-order valence-electron chi connectivity index (χ0n) is 19.3. The SMILES string of the molecule is CCOP(=O)(OCC)N(C(=O)OC(C)C)N(C(=O)OC(C)C)S(=O)(=O)c1ccc(C)cc1. The van der Waals surface area contributed by atoms with Gasteiger partial charge < -0.3 is 9.47 Å². The molecule has 1 aromatic rings. The summed E-state index contributed by atoms with van der Waals surface area (Å²) in [7, 11) is -9.53. The van der Waals surface area contributed by atoms with Crippen LogP contribution in [0.3, 0.4) is 0 Å². The normalized spacial score (nSPS) is 12.0. The van der Waals surface area contributed by atoms with E-state index in [4.69, 9.17) is 18.5 Å². The molecule has 0 spiro atoms. The Morgan fingerprint density at radius 1 is 0.906 bits per heavy atom. The minimum atomic E-state index is -4.81. The molecule has 0 atom stereocenters. The second kappa shape index (κ2) is 11.6. The zero-order chi connectivity index (χ0) is 24.7. The molecule has 13 heteroatoms. The molecule has 0 aromatic heterocycles. The Hall–Kier alpha value is -2.14. The molecule has 0 N–H and O–H groups in total. The molecule has 0 fully saturated rings. The van der Waals surface area contributed by atoms with Gasteiger partial charge in [-0.3, -0.25) is 9.05 Å². The summed E-state index contributed by atoms with van der Waals surface area (Å²) in [6.07, 6.45) is -4.42. The number of benzene rings is 1. The van der Waals surface area contributed by atoms with Crippen molar-refractivity contribution in [1.82, 2.24) is 9.19 Å². The van der Waals surface area contributed by atoms with Crippen molar-refractivity contribution in [3.8, 4) is 0 Å². The van der Waals surface area contributed by atoms with E-state index in [1.165, 1.54) is 65.8 Å². The number of hydrogen-bond donors (Lipinski definition) is 0. The van der Waals surface area contributed by atoms with Crippen molar-refractivity contribution in [1.29, 1.82) is 0 Å². The number of ether oxygens (including phenoxy) is 2. The Labute approximate surface area is 189 Å². The lowest BCUT2D eigenvalue weighted by molar-refractivity contribution is 0.0204. The zero-order valence-corrected chi connectivity index (χ0v) is 21.0. The molecule has 0 aliphatic carbocycles. The molecule has 1 rings (SSSR count). The lowest BCUT2D eigenvalue weighted by atomic mass is 10.2. The van der Waals surface area contributed by atoms with Gasteiger partial charge >= 0.3 is 19.9 Å². The van der Waals surface area contributed by atoms with Crippen LogP contribution in [0.5, 0.6) is 0 Å². The Bertz CT molecular complexity index is 923. The maximum atomic E-state index is 13.6. The molecule has 0 heterocycles. The van der Waals surface area contributed by atoms with Crippen molar-refractivity contribution in [2.45, 2.75) is 65.6 Å². The second-order valence-electron chi connectivity index (χ2n) is 7.02. The van der Waals surface area contributed by atoms with Gasteiger partial charge in [-0.15, -0.1) is 0 Å². The number of hydrazine groups is 1. The van der Waals surface area contributed by atoms with Crippen molar-refractivity contribution in [3.63, 3.8) is 0 Å². The second-order valence-corrected chi connectivity index (χ2v) is 10.6. The fourth-order valence-electron chi connectivity index (χ4n) is 2.33. The van der Waals surface area contributed by atoms with E-state index in [-0.39, 0.29) is 27.3 Å². The van der Waals surface area contributed by atoms with Crippen LogP contribution in [0.2, 0.25) is 0 Å². The number of carbonyl (C=O) groups is 2. The van der Waals surface area contributed by atoms with Gasteiger partial charge in [-0.05, 0) is 60.6 Å². The minimum absolute atomic E-state index is 0.0555. The van der Waals surface area contributed by atoms with Crippen LogP contribution in [-0.4, -0.2) is 55.2 Å². The molecule has 0 radical (unpaired) electrons. The highest BCUT2D eigenvalue weighted by Gasteiger charge is 2.51. The highest BCUT2D eigenvalue weighted by molar-refractivity contribution is 7.89. The summed E-state index contributed by atoms with van der Waals surface area (Å²) in [6, 6.07) is 5.47. The van der Waals surface area contributed by atoms with Crippen LogP contribution in [0.1, 0.15) is 47.1 Å². The number of nitrogens with zero attached hydrogens (tertiary/aromatic N) is 2.